The molecule has 0 heterocycles. The second kappa shape index (κ2) is 7.23. The second-order valence-corrected chi connectivity index (χ2v) is 3.77. The van der Waals surface area contributed by atoms with Crippen molar-refractivity contribution < 1.29 is 4.79 Å². The van der Waals surface area contributed by atoms with Crippen molar-refractivity contribution in [3.8, 4) is 0 Å². The summed E-state index contributed by atoms with van der Waals surface area (Å²) in [6.45, 7) is 3.06. The Bertz CT molecular complexity index is 395. The van der Waals surface area contributed by atoms with Gasteiger partial charge in [0.1, 0.15) is 5.78 Å². The molecule has 0 atom stereocenters. The molecule has 2 heteroatoms. The lowest BCUT2D eigenvalue weighted by atomic mass is 10.3. The third-order valence-electron chi connectivity index (χ3n) is 1.84. The Hall–Kier alpha value is -2.09. The number of ketones is 1. The van der Waals surface area contributed by atoms with Gasteiger partial charge in [0.15, 0.2) is 0 Å². The minimum absolute atomic E-state index is 0.167. The first-order valence-electron chi connectivity index (χ1n) is 5.53. The van der Waals surface area contributed by atoms with Gasteiger partial charge in [-0.2, -0.15) is 0 Å². The van der Waals surface area contributed by atoms with Crippen LogP contribution in [-0.4, -0.2) is 5.78 Å². The summed E-state index contributed by atoms with van der Waals surface area (Å²) in [7, 11) is 0. The molecule has 2 aromatic carbocycles. The number of para-hydroxylation sites is 2. The van der Waals surface area contributed by atoms with Gasteiger partial charge >= 0.3 is 0 Å². The van der Waals surface area contributed by atoms with Crippen LogP contribution in [0.15, 0.2) is 60.7 Å². The monoisotopic (exact) mass is 227 g/mol. The van der Waals surface area contributed by atoms with Crippen molar-refractivity contribution in [1.82, 2.24) is 0 Å². The lowest BCUT2D eigenvalue weighted by Crippen LogP contribution is -1.87. The summed E-state index contributed by atoms with van der Waals surface area (Å²) in [6, 6.07) is 20.3. The molecule has 2 rings (SSSR count). The summed E-state index contributed by atoms with van der Waals surface area (Å²) in [5, 5.41) is 3.30. The molecule has 0 aromatic heterocycles. The van der Waals surface area contributed by atoms with Crippen molar-refractivity contribution >= 4 is 17.2 Å². The van der Waals surface area contributed by atoms with Gasteiger partial charge in [-0.1, -0.05) is 36.4 Å². The van der Waals surface area contributed by atoms with Crippen LogP contribution in [0.25, 0.3) is 0 Å². The first kappa shape index (κ1) is 13.0. The minimum atomic E-state index is 0.167. The molecule has 0 unspecified atom stereocenters. The predicted molar refractivity (Wildman–Crippen MR) is 72.5 cm³/mol. The molecule has 0 aliphatic rings. The Morgan fingerprint density at radius 2 is 1.06 bits per heavy atom. The summed E-state index contributed by atoms with van der Waals surface area (Å²) in [4.78, 5) is 9.44. The predicted octanol–water partition coefficient (Wildman–Crippen LogP) is 4.03. The van der Waals surface area contributed by atoms with Crippen LogP contribution in [0.3, 0.4) is 0 Å². The van der Waals surface area contributed by atoms with Gasteiger partial charge in [-0.3, -0.25) is 0 Å². The van der Waals surface area contributed by atoms with Crippen LogP contribution >= 0.6 is 0 Å². The normalized spacial score (nSPS) is 8.82. The van der Waals surface area contributed by atoms with Crippen LogP contribution in [0.4, 0.5) is 11.4 Å². The van der Waals surface area contributed by atoms with E-state index in [9.17, 15) is 4.79 Å². The van der Waals surface area contributed by atoms with Crippen LogP contribution in [0, 0.1) is 0 Å². The molecule has 0 fully saturated rings. The molecule has 17 heavy (non-hydrogen) atoms. The number of anilines is 2. The van der Waals surface area contributed by atoms with Gasteiger partial charge in [-0.05, 0) is 38.1 Å². The van der Waals surface area contributed by atoms with Gasteiger partial charge < -0.3 is 10.1 Å². The highest BCUT2D eigenvalue weighted by Crippen LogP contribution is 2.14. The number of hydrogen-bond donors (Lipinski definition) is 1. The van der Waals surface area contributed by atoms with E-state index in [1.165, 1.54) is 13.8 Å². The fourth-order valence-electron chi connectivity index (χ4n) is 1.21. The van der Waals surface area contributed by atoms with Crippen molar-refractivity contribution in [3.63, 3.8) is 0 Å². The minimum Gasteiger partial charge on any atom is -0.356 e. The largest absolute Gasteiger partial charge is 0.356 e. The summed E-state index contributed by atoms with van der Waals surface area (Å²) in [6.07, 6.45) is 0. The van der Waals surface area contributed by atoms with Gasteiger partial charge in [-0.25, -0.2) is 0 Å². The number of nitrogens with one attached hydrogen (secondary N) is 1. The van der Waals surface area contributed by atoms with E-state index in [0.717, 1.165) is 11.4 Å². The van der Waals surface area contributed by atoms with E-state index in [4.69, 9.17) is 0 Å². The molecule has 0 amide bonds. The van der Waals surface area contributed by atoms with Crippen molar-refractivity contribution in [2.45, 2.75) is 13.8 Å². The van der Waals surface area contributed by atoms with Crippen LogP contribution in [-0.2, 0) is 4.79 Å². The lowest BCUT2D eigenvalue weighted by Gasteiger charge is -2.04. The highest BCUT2D eigenvalue weighted by atomic mass is 16.1. The quantitative estimate of drug-likeness (QED) is 0.839. The number of carbonyl (C=O) groups is 1. The molecule has 88 valence electrons. The van der Waals surface area contributed by atoms with E-state index in [1.807, 2.05) is 60.7 Å². The maximum Gasteiger partial charge on any atom is 0.126 e. The summed E-state index contributed by atoms with van der Waals surface area (Å²) in [5.74, 6) is 0.167. The zero-order valence-electron chi connectivity index (χ0n) is 10.2. The average Bonchev–Trinajstić information content (AvgIpc) is 2.31. The van der Waals surface area contributed by atoms with E-state index in [0.29, 0.717) is 0 Å². The Kier molecular flexibility index (Phi) is 5.52. The topological polar surface area (TPSA) is 29.1 Å². The van der Waals surface area contributed by atoms with Crippen molar-refractivity contribution in [2.24, 2.45) is 0 Å². The molecule has 0 aliphatic carbocycles. The van der Waals surface area contributed by atoms with Crippen LogP contribution in [0.1, 0.15) is 13.8 Å². The van der Waals surface area contributed by atoms with E-state index < -0.39 is 0 Å². The van der Waals surface area contributed by atoms with Gasteiger partial charge in [0.25, 0.3) is 0 Å². The van der Waals surface area contributed by atoms with Gasteiger partial charge in [-0.15, -0.1) is 0 Å². The summed E-state index contributed by atoms with van der Waals surface area (Å²) in [5.41, 5.74) is 2.24. The summed E-state index contributed by atoms with van der Waals surface area (Å²) >= 11 is 0. The van der Waals surface area contributed by atoms with Crippen molar-refractivity contribution in [3.05, 3.63) is 60.7 Å². The number of rotatable bonds is 2. The molecule has 0 saturated carbocycles. The molecule has 0 radical (unpaired) electrons. The fourth-order valence-corrected chi connectivity index (χ4v) is 1.21. The molecule has 1 N–H and O–H groups in total. The zero-order valence-corrected chi connectivity index (χ0v) is 10.2. The molecule has 0 bridgehead atoms. The van der Waals surface area contributed by atoms with E-state index in [1.54, 1.807) is 0 Å². The fraction of sp³-hybridized carbons (Fsp3) is 0.133. The number of benzene rings is 2. The maximum absolute atomic E-state index is 9.44. The molecule has 0 saturated heterocycles. The van der Waals surface area contributed by atoms with Crippen molar-refractivity contribution in [1.29, 1.82) is 0 Å². The molecule has 2 nitrogen and oxygen atoms in total. The van der Waals surface area contributed by atoms with Crippen LogP contribution in [0.5, 0.6) is 0 Å². The Morgan fingerprint density at radius 1 is 0.765 bits per heavy atom. The van der Waals surface area contributed by atoms with Gasteiger partial charge in [0.05, 0.1) is 0 Å². The highest BCUT2D eigenvalue weighted by Gasteiger charge is 1.89. The smallest absolute Gasteiger partial charge is 0.126 e. The van der Waals surface area contributed by atoms with Crippen LogP contribution in [0.2, 0.25) is 0 Å². The Morgan fingerprint density at radius 3 is 1.35 bits per heavy atom. The zero-order chi connectivity index (χ0) is 12.5. The summed E-state index contributed by atoms with van der Waals surface area (Å²) < 4.78 is 0. The van der Waals surface area contributed by atoms with Crippen molar-refractivity contribution in [2.75, 3.05) is 5.32 Å². The number of Topliss-reactive ketones (excluding diaryl/α,β-unsaturated/α-hetero) is 1. The highest BCUT2D eigenvalue weighted by molar-refractivity contribution is 5.72. The first-order chi connectivity index (χ1) is 8.18. The van der Waals surface area contributed by atoms with E-state index >= 15 is 0 Å². The Labute approximate surface area is 102 Å². The number of hydrogen-bond acceptors (Lipinski definition) is 2. The lowest BCUT2D eigenvalue weighted by molar-refractivity contribution is -0.114. The third-order valence-corrected chi connectivity index (χ3v) is 1.84. The van der Waals surface area contributed by atoms with E-state index in [-0.39, 0.29) is 5.78 Å². The van der Waals surface area contributed by atoms with Crippen LogP contribution < -0.4 is 5.32 Å². The average molecular weight is 227 g/mol. The molecular formula is C15H17NO. The van der Waals surface area contributed by atoms with Gasteiger partial charge in [0.2, 0.25) is 0 Å². The molecule has 0 aliphatic heterocycles. The molecule has 2 aromatic rings. The SMILES string of the molecule is CC(C)=O.c1ccc(Nc2ccccc2)cc1. The van der Waals surface area contributed by atoms with E-state index in [2.05, 4.69) is 5.32 Å². The van der Waals surface area contributed by atoms with Gasteiger partial charge in [0, 0.05) is 11.4 Å². The third kappa shape index (κ3) is 6.15. The standard InChI is InChI=1S/C12H11N.C3H6O/c1-3-7-11(8-4-1)13-12-9-5-2-6-10-12;1-3(2)4/h1-10,13H;1-2H3. The first-order valence-corrected chi connectivity index (χ1v) is 5.53. The second-order valence-electron chi connectivity index (χ2n) is 3.77. The Balaban J connectivity index is 0.000000317. The number of carbonyl (C=O) groups excluding carboxylic acids is 1. The molecular weight excluding hydrogens is 210 g/mol. The maximum atomic E-state index is 9.44. The molecule has 0 spiro atoms.